The highest BCUT2D eigenvalue weighted by Gasteiger charge is 2.51. The average Bonchev–Trinajstić information content (AvgIpc) is 2.87. The second-order valence-corrected chi connectivity index (χ2v) is 6.16. The van der Waals surface area contributed by atoms with Gasteiger partial charge in [-0.2, -0.15) is 0 Å². The third kappa shape index (κ3) is 3.15. The topological polar surface area (TPSA) is 91.4 Å². The van der Waals surface area contributed by atoms with Crippen LogP contribution < -0.4 is 10.6 Å². The number of aromatic nitrogens is 1. The van der Waals surface area contributed by atoms with E-state index in [1.54, 1.807) is 24.3 Å². The number of imide groups is 1. The van der Waals surface area contributed by atoms with Gasteiger partial charge in [-0.3, -0.25) is 14.5 Å². The number of hydrogen-bond acceptors (Lipinski definition) is 4. The number of carbonyl (C=O) groups excluding carboxylic acids is 3. The van der Waals surface area contributed by atoms with E-state index in [1.165, 1.54) is 0 Å². The molecule has 0 radical (unpaired) electrons. The van der Waals surface area contributed by atoms with E-state index in [0.29, 0.717) is 17.8 Å². The number of nitrogens with zero attached hydrogens (tertiary/aromatic N) is 2. The molecule has 7 nitrogen and oxygen atoms in total. The summed E-state index contributed by atoms with van der Waals surface area (Å²) in [6.07, 6.45) is 0.388. The molecule has 26 heavy (non-hydrogen) atoms. The average molecular weight is 352 g/mol. The third-order valence-electron chi connectivity index (χ3n) is 4.43. The van der Waals surface area contributed by atoms with Gasteiger partial charge >= 0.3 is 6.03 Å². The summed E-state index contributed by atoms with van der Waals surface area (Å²) in [5.41, 5.74) is 0.316. The fourth-order valence-corrected chi connectivity index (χ4v) is 3.07. The molecule has 7 heteroatoms. The van der Waals surface area contributed by atoms with Crippen molar-refractivity contribution in [1.29, 1.82) is 0 Å². The van der Waals surface area contributed by atoms with Gasteiger partial charge in [-0.05, 0) is 31.0 Å². The number of hydrogen-bond donors (Lipinski definition) is 2. The van der Waals surface area contributed by atoms with Crippen LogP contribution in [0.1, 0.15) is 24.6 Å². The normalized spacial score (nSPS) is 19.4. The number of carbonyl (C=O) groups is 3. The van der Waals surface area contributed by atoms with Gasteiger partial charge in [0, 0.05) is 5.69 Å². The smallest absolute Gasteiger partial charge is 0.319 e. The molecule has 0 aliphatic carbocycles. The van der Waals surface area contributed by atoms with Crippen LogP contribution >= 0.6 is 0 Å². The van der Waals surface area contributed by atoms with Crippen molar-refractivity contribution >= 4 is 23.7 Å². The van der Waals surface area contributed by atoms with E-state index in [1.807, 2.05) is 38.1 Å². The molecule has 1 aromatic carbocycles. The monoisotopic (exact) mass is 352 g/mol. The molecule has 0 spiro atoms. The summed E-state index contributed by atoms with van der Waals surface area (Å²) in [5.74, 6) is -0.526. The molecule has 1 aliphatic heterocycles. The van der Waals surface area contributed by atoms with Gasteiger partial charge in [0.1, 0.15) is 17.9 Å². The second kappa shape index (κ2) is 6.95. The van der Waals surface area contributed by atoms with Crippen LogP contribution in [0.3, 0.4) is 0 Å². The summed E-state index contributed by atoms with van der Waals surface area (Å²) in [6.45, 7) is 3.27. The molecule has 4 amide bonds. The lowest BCUT2D eigenvalue weighted by Gasteiger charge is -2.25. The largest absolute Gasteiger partial charge is 0.325 e. The number of urea groups is 1. The van der Waals surface area contributed by atoms with E-state index in [4.69, 9.17) is 0 Å². The lowest BCUT2D eigenvalue weighted by Crippen LogP contribution is -2.44. The number of rotatable bonds is 5. The zero-order valence-electron chi connectivity index (χ0n) is 14.7. The van der Waals surface area contributed by atoms with Crippen molar-refractivity contribution in [3.05, 3.63) is 59.8 Å². The van der Waals surface area contributed by atoms with E-state index in [2.05, 4.69) is 15.6 Å². The predicted molar refractivity (Wildman–Crippen MR) is 96.3 cm³/mol. The Morgan fingerprint density at radius 2 is 1.88 bits per heavy atom. The molecule has 1 saturated heterocycles. The van der Waals surface area contributed by atoms with Gasteiger partial charge in [-0.1, -0.05) is 43.3 Å². The number of aryl methyl sites for hydroxylation is 1. The highest BCUT2D eigenvalue weighted by Crippen LogP contribution is 2.32. The van der Waals surface area contributed by atoms with Crippen molar-refractivity contribution in [3.8, 4) is 0 Å². The molecule has 0 saturated carbocycles. The van der Waals surface area contributed by atoms with Crippen molar-refractivity contribution in [2.24, 2.45) is 0 Å². The summed E-state index contributed by atoms with van der Waals surface area (Å²) in [7, 11) is 0. The predicted octanol–water partition coefficient (Wildman–Crippen LogP) is 2.19. The number of anilines is 1. The SMILES string of the molecule is CCC1(c2ccccc2)NC(=O)N(CC(=O)Nc2cccc(C)n2)C1=O. The summed E-state index contributed by atoms with van der Waals surface area (Å²) in [5, 5.41) is 5.37. The Labute approximate surface area is 151 Å². The van der Waals surface area contributed by atoms with Gasteiger partial charge in [0.25, 0.3) is 5.91 Å². The molecule has 3 rings (SSSR count). The first-order valence-corrected chi connectivity index (χ1v) is 8.39. The Morgan fingerprint density at radius 1 is 1.15 bits per heavy atom. The minimum absolute atomic E-state index is 0.366. The van der Waals surface area contributed by atoms with E-state index in [9.17, 15) is 14.4 Å². The first-order chi connectivity index (χ1) is 12.5. The maximum absolute atomic E-state index is 13.0. The standard InChI is InChI=1S/C19H20N4O3/c1-3-19(14-9-5-4-6-10-14)17(25)23(18(26)22-19)12-16(24)21-15-11-7-8-13(2)20-15/h4-11H,3,12H2,1-2H3,(H,22,26)(H,20,21,24). The minimum atomic E-state index is -1.14. The van der Waals surface area contributed by atoms with E-state index in [0.717, 1.165) is 10.6 Å². The lowest BCUT2D eigenvalue weighted by atomic mass is 9.87. The Bertz CT molecular complexity index is 853. The zero-order chi connectivity index (χ0) is 18.7. The molecular weight excluding hydrogens is 332 g/mol. The van der Waals surface area contributed by atoms with Crippen LogP contribution in [0, 0.1) is 6.92 Å². The quantitative estimate of drug-likeness (QED) is 0.807. The lowest BCUT2D eigenvalue weighted by molar-refractivity contribution is -0.134. The van der Waals surface area contributed by atoms with Gasteiger partial charge in [0.05, 0.1) is 0 Å². The fourth-order valence-electron chi connectivity index (χ4n) is 3.07. The minimum Gasteiger partial charge on any atom is -0.319 e. The first kappa shape index (κ1) is 17.6. The van der Waals surface area contributed by atoms with E-state index in [-0.39, 0.29) is 6.54 Å². The molecule has 1 unspecified atom stereocenters. The number of benzene rings is 1. The highest BCUT2D eigenvalue weighted by molar-refractivity contribution is 6.10. The van der Waals surface area contributed by atoms with Crippen LogP contribution in [0.5, 0.6) is 0 Å². The van der Waals surface area contributed by atoms with Gasteiger partial charge in [0.2, 0.25) is 5.91 Å². The van der Waals surface area contributed by atoms with E-state index >= 15 is 0 Å². The van der Waals surface area contributed by atoms with Crippen LogP contribution in [-0.2, 0) is 15.1 Å². The van der Waals surface area contributed by atoms with Crippen LogP contribution in [0.2, 0.25) is 0 Å². The van der Waals surface area contributed by atoms with Gasteiger partial charge < -0.3 is 10.6 Å². The van der Waals surface area contributed by atoms with Crippen LogP contribution in [0.25, 0.3) is 0 Å². The van der Waals surface area contributed by atoms with Crippen molar-refractivity contribution in [2.75, 3.05) is 11.9 Å². The number of pyridine rings is 1. The Hall–Kier alpha value is -3.22. The maximum atomic E-state index is 13.0. The zero-order valence-corrected chi connectivity index (χ0v) is 14.7. The Balaban J connectivity index is 1.77. The molecule has 134 valence electrons. The van der Waals surface area contributed by atoms with Crippen LogP contribution in [-0.4, -0.2) is 34.3 Å². The second-order valence-electron chi connectivity index (χ2n) is 6.16. The van der Waals surface area contributed by atoms with Gasteiger partial charge in [-0.15, -0.1) is 0 Å². The third-order valence-corrected chi connectivity index (χ3v) is 4.43. The highest BCUT2D eigenvalue weighted by atomic mass is 16.2. The molecule has 2 N–H and O–H groups in total. The molecule has 1 aliphatic rings. The molecule has 1 aromatic heterocycles. The Morgan fingerprint density at radius 3 is 2.54 bits per heavy atom. The summed E-state index contributed by atoms with van der Waals surface area (Å²) >= 11 is 0. The number of amides is 4. The van der Waals surface area contributed by atoms with E-state index < -0.39 is 23.4 Å². The van der Waals surface area contributed by atoms with Gasteiger partial charge in [0.15, 0.2) is 0 Å². The molecule has 0 bridgehead atoms. The molecule has 2 aromatic rings. The summed E-state index contributed by atoms with van der Waals surface area (Å²) < 4.78 is 0. The summed E-state index contributed by atoms with van der Waals surface area (Å²) in [4.78, 5) is 42.7. The Kier molecular flexibility index (Phi) is 4.71. The maximum Gasteiger partial charge on any atom is 0.325 e. The molecular formula is C19H20N4O3. The van der Waals surface area contributed by atoms with Crippen molar-refractivity contribution in [1.82, 2.24) is 15.2 Å². The van der Waals surface area contributed by atoms with Crippen molar-refractivity contribution < 1.29 is 14.4 Å². The van der Waals surface area contributed by atoms with Gasteiger partial charge in [-0.25, -0.2) is 9.78 Å². The van der Waals surface area contributed by atoms with Crippen molar-refractivity contribution in [3.63, 3.8) is 0 Å². The van der Waals surface area contributed by atoms with Crippen LogP contribution in [0.4, 0.5) is 10.6 Å². The van der Waals surface area contributed by atoms with Crippen molar-refractivity contribution in [2.45, 2.75) is 25.8 Å². The summed E-state index contributed by atoms with van der Waals surface area (Å²) in [6, 6.07) is 13.7. The first-order valence-electron chi connectivity index (χ1n) is 8.39. The van der Waals surface area contributed by atoms with Crippen LogP contribution in [0.15, 0.2) is 48.5 Å². The number of nitrogens with one attached hydrogen (secondary N) is 2. The molecule has 1 atom stereocenters. The molecule has 1 fully saturated rings. The fraction of sp³-hybridized carbons (Fsp3) is 0.263. The molecule has 2 heterocycles.